The number of rotatable bonds is 6. The third-order valence-corrected chi connectivity index (χ3v) is 3.80. The van der Waals surface area contributed by atoms with E-state index in [1.807, 2.05) is 13.3 Å². The van der Waals surface area contributed by atoms with Crippen LogP contribution in [0.2, 0.25) is 0 Å². The number of piperidine rings is 1. The highest BCUT2D eigenvalue weighted by molar-refractivity contribution is 5.46. The van der Waals surface area contributed by atoms with Crippen molar-refractivity contribution >= 4 is 5.69 Å². The maximum atomic E-state index is 5.43. The molecule has 0 bridgehead atoms. The van der Waals surface area contributed by atoms with Crippen LogP contribution in [-0.2, 0) is 11.3 Å². The van der Waals surface area contributed by atoms with Crippen molar-refractivity contribution < 1.29 is 4.74 Å². The molecule has 0 saturated carbocycles. The maximum absolute atomic E-state index is 5.43. The smallest absolute Gasteiger partial charge is 0.0605 e. The number of hydrogen-bond acceptors (Lipinski definition) is 4. The minimum atomic E-state index is 0.431. The van der Waals surface area contributed by atoms with E-state index in [9.17, 15) is 0 Å². The normalized spacial score (nSPS) is 16.9. The van der Waals surface area contributed by atoms with Gasteiger partial charge in [0.1, 0.15) is 0 Å². The number of ether oxygens (including phenoxy) is 1. The molecular weight excluding hydrogens is 250 g/mol. The van der Waals surface area contributed by atoms with Gasteiger partial charge in [-0.1, -0.05) is 13.8 Å². The number of anilines is 1. The van der Waals surface area contributed by atoms with Gasteiger partial charge < -0.3 is 15.0 Å². The highest BCUT2D eigenvalue weighted by Crippen LogP contribution is 2.21. The van der Waals surface area contributed by atoms with E-state index in [4.69, 9.17) is 4.74 Å². The van der Waals surface area contributed by atoms with Gasteiger partial charge in [-0.15, -0.1) is 0 Å². The summed E-state index contributed by atoms with van der Waals surface area (Å²) in [6, 6.07) is 4.32. The lowest BCUT2D eigenvalue weighted by Crippen LogP contribution is -2.36. The summed E-state index contributed by atoms with van der Waals surface area (Å²) in [5.74, 6) is 0.672. The van der Waals surface area contributed by atoms with Crippen LogP contribution in [0.4, 0.5) is 5.69 Å². The number of nitrogens with zero attached hydrogens (tertiary/aromatic N) is 2. The van der Waals surface area contributed by atoms with Crippen molar-refractivity contribution in [3.05, 3.63) is 24.0 Å². The van der Waals surface area contributed by atoms with Crippen LogP contribution in [0.5, 0.6) is 0 Å². The van der Waals surface area contributed by atoms with Gasteiger partial charge in [-0.25, -0.2) is 0 Å². The van der Waals surface area contributed by atoms with Gasteiger partial charge in [0, 0.05) is 38.6 Å². The Labute approximate surface area is 122 Å². The van der Waals surface area contributed by atoms with Crippen LogP contribution in [-0.4, -0.2) is 37.8 Å². The zero-order valence-electron chi connectivity index (χ0n) is 12.9. The number of methoxy groups -OCH3 is 1. The molecule has 20 heavy (non-hydrogen) atoms. The molecular formula is C16H27N3O. The lowest BCUT2D eigenvalue weighted by atomic mass is 10.1. The minimum absolute atomic E-state index is 0.431. The molecule has 1 aromatic rings. The molecule has 1 aliphatic heterocycles. The van der Waals surface area contributed by atoms with Gasteiger partial charge in [0.2, 0.25) is 0 Å². The average molecular weight is 277 g/mol. The Bertz CT molecular complexity index is 400. The van der Waals surface area contributed by atoms with E-state index in [-0.39, 0.29) is 0 Å². The lowest BCUT2D eigenvalue weighted by molar-refractivity contribution is 0.0819. The molecule has 1 aliphatic rings. The van der Waals surface area contributed by atoms with Crippen molar-refractivity contribution in [3.63, 3.8) is 0 Å². The summed E-state index contributed by atoms with van der Waals surface area (Å²) in [5, 5.41) is 3.45. The molecule has 2 rings (SSSR count). The minimum Gasteiger partial charge on any atom is -0.381 e. The third-order valence-electron chi connectivity index (χ3n) is 3.80. The summed E-state index contributed by atoms with van der Waals surface area (Å²) in [6.07, 6.45) is 4.57. The fourth-order valence-corrected chi connectivity index (χ4v) is 2.60. The van der Waals surface area contributed by atoms with Crippen LogP contribution >= 0.6 is 0 Å². The molecule has 0 atom stereocenters. The van der Waals surface area contributed by atoms with E-state index < -0.39 is 0 Å². The molecule has 0 aromatic carbocycles. The van der Waals surface area contributed by atoms with Gasteiger partial charge >= 0.3 is 0 Å². The molecule has 1 saturated heterocycles. The van der Waals surface area contributed by atoms with Crippen molar-refractivity contribution in [3.8, 4) is 0 Å². The fraction of sp³-hybridized carbons (Fsp3) is 0.688. The van der Waals surface area contributed by atoms with Crippen molar-refractivity contribution in [1.82, 2.24) is 10.3 Å². The zero-order chi connectivity index (χ0) is 14.4. The molecule has 1 fully saturated rings. The Morgan fingerprint density at radius 2 is 2.15 bits per heavy atom. The SMILES string of the molecule is COC1CCN(c2ccnc(CNCC(C)C)c2)CC1. The summed E-state index contributed by atoms with van der Waals surface area (Å²) in [4.78, 5) is 6.88. The molecule has 4 heteroatoms. The topological polar surface area (TPSA) is 37.4 Å². The summed E-state index contributed by atoms with van der Waals surface area (Å²) < 4.78 is 5.43. The van der Waals surface area contributed by atoms with E-state index in [2.05, 4.69) is 41.2 Å². The van der Waals surface area contributed by atoms with Gasteiger partial charge in [0.05, 0.1) is 11.8 Å². The third kappa shape index (κ3) is 4.46. The largest absolute Gasteiger partial charge is 0.381 e. The Morgan fingerprint density at radius 3 is 2.80 bits per heavy atom. The molecule has 0 aliphatic carbocycles. The standard InChI is InChI=1S/C16H27N3O/c1-13(2)11-17-12-14-10-15(4-7-18-14)19-8-5-16(20-3)6-9-19/h4,7,10,13,16-17H,5-6,8-9,11-12H2,1-3H3. The number of nitrogens with one attached hydrogen (secondary N) is 1. The van der Waals surface area contributed by atoms with Crippen LogP contribution in [0.1, 0.15) is 32.4 Å². The van der Waals surface area contributed by atoms with E-state index in [0.29, 0.717) is 12.0 Å². The second-order valence-electron chi connectivity index (χ2n) is 5.95. The first kappa shape index (κ1) is 15.3. The predicted molar refractivity (Wildman–Crippen MR) is 83.0 cm³/mol. The zero-order valence-corrected chi connectivity index (χ0v) is 12.9. The molecule has 0 spiro atoms. The molecule has 0 radical (unpaired) electrons. The van der Waals surface area contributed by atoms with E-state index >= 15 is 0 Å². The monoisotopic (exact) mass is 277 g/mol. The number of aromatic nitrogens is 1. The number of pyridine rings is 1. The highest BCUT2D eigenvalue weighted by Gasteiger charge is 2.19. The first-order valence-electron chi connectivity index (χ1n) is 7.62. The Balaban J connectivity index is 1.89. The van der Waals surface area contributed by atoms with Crippen LogP contribution < -0.4 is 10.2 Å². The second-order valence-corrected chi connectivity index (χ2v) is 5.95. The van der Waals surface area contributed by atoms with E-state index in [1.165, 1.54) is 5.69 Å². The summed E-state index contributed by atoms with van der Waals surface area (Å²) >= 11 is 0. The highest BCUT2D eigenvalue weighted by atomic mass is 16.5. The summed E-state index contributed by atoms with van der Waals surface area (Å²) in [5.41, 5.74) is 2.41. The van der Waals surface area contributed by atoms with E-state index in [0.717, 1.165) is 44.7 Å². The average Bonchev–Trinajstić information content (AvgIpc) is 2.47. The predicted octanol–water partition coefficient (Wildman–Crippen LogP) is 2.44. The van der Waals surface area contributed by atoms with Crippen molar-refractivity contribution in [2.45, 2.75) is 39.3 Å². The van der Waals surface area contributed by atoms with Crippen LogP contribution in [0.25, 0.3) is 0 Å². The van der Waals surface area contributed by atoms with Crippen molar-refractivity contribution in [2.24, 2.45) is 5.92 Å². The summed E-state index contributed by atoms with van der Waals surface area (Å²) in [7, 11) is 1.81. The molecule has 0 unspecified atom stereocenters. The van der Waals surface area contributed by atoms with Crippen LogP contribution in [0, 0.1) is 5.92 Å². The van der Waals surface area contributed by atoms with Crippen molar-refractivity contribution in [1.29, 1.82) is 0 Å². The first-order chi connectivity index (χ1) is 9.69. The second kappa shape index (κ2) is 7.60. The Morgan fingerprint density at radius 1 is 1.40 bits per heavy atom. The molecule has 112 valence electrons. The molecule has 1 N–H and O–H groups in total. The van der Waals surface area contributed by atoms with E-state index in [1.54, 1.807) is 0 Å². The maximum Gasteiger partial charge on any atom is 0.0605 e. The Kier molecular flexibility index (Phi) is 5.80. The quantitative estimate of drug-likeness (QED) is 0.866. The molecule has 2 heterocycles. The Hall–Kier alpha value is -1.13. The molecule has 0 amide bonds. The lowest BCUT2D eigenvalue weighted by Gasteiger charge is -2.33. The summed E-state index contributed by atoms with van der Waals surface area (Å²) in [6.45, 7) is 8.46. The van der Waals surface area contributed by atoms with Gasteiger partial charge in [-0.2, -0.15) is 0 Å². The van der Waals surface area contributed by atoms with Crippen molar-refractivity contribution in [2.75, 3.05) is 31.6 Å². The van der Waals surface area contributed by atoms with Gasteiger partial charge in [-0.05, 0) is 37.4 Å². The van der Waals surface area contributed by atoms with Gasteiger partial charge in [-0.3, -0.25) is 4.98 Å². The van der Waals surface area contributed by atoms with Crippen LogP contribution in [0.3, 0.4) is 0 Å². The number of hydrogen-bond donors (Lipinski definition) is 1. The van der Waals surface area contributed by atoms with Gasteiger partial charge in [0.15, 0.2) is 0 Å². The molecule has 1 aromatic heterocycles. The van der Waals surface area contributed by atoms with Gasteiger partial charge in [0.25, 0.3) is 0 Å². The fourth-order valence-electron chi connectivity index (χ4n) is 2.60. The van der Waals surface area contributed by atoms with Crippen LogP contribution in [0.15, 0.2) is 18.3 Å². The molecule has 4 nitrogen and oxygen atoms in total. The first-order valence-corrected chi connectivity index (χ1v) is 7.62.